The molecule has 1 aromatic heterocycles. The van der Waals surface area contributed by atoms with Gasteiger partial charge in [0.2, 0.25) is 10.0 Å². The first-order valence-corrected chi connectivity index (χ1v) is 10.2. The summed E-state index contributed by atoms with van der Waals surface area (Å²) in [6, 6.07) is 3.65. The Labute approximate surface area is 138 Å². The number of hydrogen-bond acceptors (Lipinski definition) is 4. The van der Waals surface area contributed by atoms with Crippen molar-refractivity contribution in [3.63, 3.8) is 0 Å². The second kappa shape index (κ2) is 7.73. The van der Waals surface area contributed by atoms with Crippen molar-refractivity contribution < 1.29 is 13.2 Å². The molecule has 5 nitrogen and oxygen atoms in total. The molecule has 0 spiro atoms. The Morgan fingerprint density at radius 3 is 2.52 bits per heavy atom. The van der Waals surface area contributed by atoms with Gasteiger partial charge in [-0.1, -0.05) is 25.3 Å². The predicted molar refractivity (Wildman–Crippen MR) is 89.4 cm³/mol. The fourth-order valence-electron chi connectivity index (χ4n) is 3.69. The van der Waals surface area contributed by atoms with E-state index >= 15 is 0 Å². The van der Waals surface area contributed by atoms with Gasteiger partial charge in [0.1, 0.15) is 0 Å². The van der Waals surface area contributed by atoms with Crippen LogP contribution in [0.2, 0.25) is 0 Å². The van der Waals surface area contributed by atoms with Gasteiger partial charge in [0.15, 0.2) is 0 Å². The molecule has 1 saturated carbocycles. The van der Waals surface area contributed by atoms with Crippen LogP contribution in [0.25, 0.3) is 0 Å². The normalized spacial score (nSPS) is 22.8. The fourth-order valence-corrected chi connectivity index (χ4v) is 5.52. The summed E-state index contributed by atoms with van der Waals surface area (Å²) in [5.74, 6) is 0.270. The maximum absolute atomic E-state index is 12.8. The third-order valence-electron chi connectivity index (χ3n) is 5.06. The Hall–Kier alpha value is -0.980. The van der Waals surface area contributed by atoms with Crippen molar-refractivity contribution in [2.75, 3.05) is 13.2 Å². The van der Waals surface area contributed by atoms with Gasteiger partial charge in [-0.05, 0) is 43.2 Å². The van der Waals surface area contributed by atoms with Crippen molar-refractivity contribution in [1.29, 1.82) is 0 Å². The van der Waals surface area contributed by atoms with Gasteiger partial charge in [0, 0.05) is 25.6 Å². The smallest absolute Gasteiger partial charge is 0.215 e. The zero-order chi connectivity index (χ0) is 16.1. The summed E-state index contributed by atoms with van der Waals surface area (Å²) in [7, 11) is -3.30. The molecule has 0 bridgehead atoms. The van der Waals surface area contributed by atoms with Crippen LogP contribution in [0, 0.1) is 5.92 Å². The zero-order valence-corrected chi connectivity index (χ0v) is 14.3. The van der Waals surface area contributed by atoms with Gasteiger partial charge in [0.05, 0.1) is 11.3 Å². The molecule has 1 N–H and O–H groups in total. The van der Waals surface area contributed by atoms with Crippen LogP contribution in [0.3, 0.4) is 0 Å². The number of nitrogens with one attached hydrogen (secondary N) is 1. The van der Waals surface area contributed by atoms with Crippen molar-refractivity contribution in [3.8, 4) is 0 Å². The summed E-state index contributed by atoms with van der Waals surface area (Å²) in [5, 5.41) is -0.240. The Morgan fingerprint density at radius 1 is 1.13 bits per heavy atom. The molecule has 1 aliphatic heterocycles. The topological polar surface area (TPSA) is 68.3 Å². The molecule has 6 heteroatoms. The van der Waals surface area contributed by atoms with Crippen molar-refractivity contribution in [1.82, 2.24) is 9.71 Å². The second-order valence-corrected chi connectivity index (χ2v) is 8.63. The largest absolute Gasteiger partial charge is 0.381 e. The van der Waals surface area contributed by atoms with E-state index in [1.54, 1.807) is 12.4 Å². The lowest BCUT2D eigenvalue weighted by molar-refractivity contribution is 0.0563. The molecule has 3 rings (SSSR count). The number of nitrogens with zero attached hydrogens (tertiary/aromatic N) is 1. The highest BCUT2D eigenvalue weighted by Gasteiger charge is 2.33. The van der Waals surface area contributed by atoms with Crippen LogP contribution >= 0.6 is 0 Å². The lowest BCUT2D eigenvalue weighted by Crippen LogP contribution is -2.41. The van der Waals surface area contributed by atoms with E-state index < -0.39 is 10.0 Å². The summed E-state index contributed by atoms with van der Waals surface area (Å²) in [5.41, 5.74) is 0.957. The van der Waals surface area contributed by atoms with Crippen LogP contribution in [0.4, 0.5) is 0 Å². The van der Waals surface area contributed by atoms with E-state index in [1.165, 1.54) is 0 Å². The average molecular weight is 338 g/mol. The molecular weight excluding hydrogens is 312 g/mol. The maximum atomic E-state index is 12.8. The standard InChI is InChI=1S/C17H26N2O3S/c20-23(21,16-6-2-1-3-7-16)19-17(14-8-11-22-12-9-14)15-5-4-10-18-13-15/h4-5,10,13-14,16-17,19H,1-3,6-9,11-12H2. The fraction of sp³-hybridized carbons (Fsp3) is 0.706. The highest BCUT2D eigenvalue weighted by atomic mass is 32.2. The monoisotopic (exact) mass is 338 g/mol. The molecule has 1 unspecified atom stereocenters. The molecule has 1 aromatic rings. The first-order valence-electron chi connectivity index (χ1n) is 8.65. The summed E-state index contributed by atoms with van der Waals surface area (Å²) in [4.78, 5) is 4.18. The van der Waals surface area contributed by atoms with Gasteiger partial charge < -0.3 is 4.74 Å². The first kappa shape index (κ1) is 16.9. The minimum absolute atomic E-state index is 0.195. The third-order valence-corrected chi connectivity index (χ3v) is 6.99. The van der Waals surface area contributed by atoms with Crippen molar-refractivity contribution >= 4 is 10.0 Å². The molecule has 2 aliphatic rings. The summed E-state index contributed by atoms with van der Waals surface area (Å²) >= 11 is 0. The minimum atomic E-state index is -3.30. The molecule has 1 atom stereocenters. The van der Waals surface area contributed by atoms with Crippen LogP contribution in [-0.2, 0) is 14.8 Å². The Balaban J connectivity index is 1.80. The molecular formula is C17H26N2O3S. The third kappa shape index (κ3) is 4.31. The van der Waals surface area contributed by atoms with Crippen LogP contribution in [-0.4, -0.2) is 31.9 Å². The molecule has 23 heavy (non-hydrogen) atoms. The number of aromatic nitrogens is 1. The van der Waals surface area contributed by atoms with Crippen molar-refractivity contribution in [3.05, 3.63) is 30.1 Å². The highest BCUT2D eigenvalue weighted by Crippen LogP contribution is 2.32. The van der Waals surface area contributed by atoms with E-state index in [0.29, 0.717) is 13.2 Å². The lowest BCUT2D eigenvalue weighted by atomic mass is 9.88. The van der Waals surface area contributed by atoms with Crippen molar-refractivity contribution in [2.45, 2.75) is 56.2 Å². The van der Waals surface area contributed by atoms with E-state index in [4.69, 9.17) is 4.74 Å². The Kier molecular flexibility index (Phi) is 5.67. The molecule has 0 aromatic carbocycles. The number of sulfonamides is 1. The van der Waals surface area contributed by atoms with Gasteiger partial charge >= 0.3 is 0 Å². The Bertz CT molecular complexity index is 579. The van der Waals surface area contributed by atoms with Crippen molar-refractivity contribution in [2.24, 2.45) is 5.92 Å². The van der Waals surface area contributed by atoms with Crippen LogP contribution in [0.15, 0.2) is 24.5 Å². The van der Waals surface area contributed by atoms with E-state index in [1.807, 2.05) is 12.1 Å². The van der Waals surface area contributed by atoms with E-state index in [2.05, 4.69) is 9.71 Å². The van der Waals surface area contributed by atoms with E-state index in [0.717, 1.165) is 50.5 Å². The van der Waals surface area contributed by atoms with Gasteiger partial charge in [-0.25, -0.2) is 13.1 Å². The predicted octanol–water partition coefficient (Wildman–Crippen LogP) is 2.80. The molecule has 1 saturated heterocycles. The van der Waals surface area contributed by atoms with E-state index in [-0.39, 0.29) is 17.2 Å². The molecule has 0 radical (unpaired) electrons. The summed E-state index contributed by atoms with van der Waals surface area (Å²) < 4.78 is 34.2. The quantitative estimate of drug-likeness (QED) is 0.896. The van der Waals surface area contributed by atoms with Gasteiger partial charge in [0.25, 0.3) is 0 Å². The minimum Gasteiger partial charge on any atom is -0.381 e. The van der Waals surface area contributed by atoms with Gasteiger partial charge in [-0.2, -0.15) is 0 Å². The molecule has 128 valence electrons. The molecule has 2 heterocycles. The van der Waals surface area contributed by atoms with E-state index in [9.17, 15) is 8.42 Å². The zero-order valence-electron chi connectivity index (χ0n) is 13.5. The maximum Gasteiger partial charge on any atom is 0.215 e. The molecule has 0 amide bonds. The molecule has 1 aliphatic carbocycles. The number of hydrogen-bond donors (Lipinski definition) is 1. The summed E-state index contributed by atoms with van der Waals surface area (Å²) in [6.45, 7) is 1.40. The number of rotatable bonds is 5. The van der Waals surface area contributed by atoms with Crippen LogP contribution < -0.4 is 4.72 Å². The van der Waals surface area contributed by atoms with Crippen LogP contribution in [0.1, 0.15) is 56.6 Å². The number of pyridine rings is 1. The summed E-state index contributed by atoms with van der Waals surface area (Å²) in [6.07, 6.45) is 10.0. The second-order valence-electron chi connectivity index (χ2n) is 6.64. The first-order chi connectivity index (χ1) is 11.2. The molecule has 2 fully saturated rings. The average Bonchev–Trinajstić information content (AvgIpc) is 2.62. The van der Waals surface area contributed by atoms with Gasteiger partial charge in [-0.3, -0.25) is 4.98 Å². The van der Waals surface area contributed by atoms with Gasteiger partial charge in [-0.15, -0.1) is 0 Å². The highest BCUT2D eigenvalue weighted by molar-refractivity contribution is 7.90. The number of ether oxygens (including phenoxy) is 1. The SMILES string of the molecule is O=S(=O)(NC(c1cccnc1)C1CCOCC1)C1CCCCC1. The van der Waals surface area contributed by atoms with Crippen LogP contribution in [0.5, 0.6) is 0 Å². The lowest BCUT2D eigenvalue weighted by Gasteiger charge is -2.33. The Morgan fingerprint density at radius 2 is 1.87 bits per heavy atom.